The number of carbonyl (C=O) groups is 1. The van der Waals surface area contributed by atoms with Crippen LogP contribution < -0.4 is 0 Å². The van der Waals surface area contributed by atoms with Gasteiger partial charge in [-0.25, -0.2) is 0 Å². The molecule has 0 bridgehead atoms. The van der Waals surface area contributed by atoms with Gasteiger partial charge in [-0.2, -0.15) is 9.65 Å². The van der Waals surface area contributed by atoms with Gasteiger partial charge < -0.3 is 4.74 Å². The molecule has 2 fully saturated rings. The summed E-state index contributed by atoms with van der Waals surface area (Å²) in [6, 6.07) is 10.5. The molecule has 2 saturated carbocycles. The number of allylic oxidation sites excluding steroid dienone is 4. The summed E-state index contributed by atoms with van der Waals surface area (Å²) in [5.74, 6) is 0.155. The van der Waals surface area contributed by atoms with Gasteiger partial charge in [0.2, 0.25) is 0 Å². The first-order valence-electron chi connectivity index (χ1n) is 11.8. The van der Waals surface area contributed by atoms with Gasteiger partial charge in [-0.15, -0.1) is 0 Å². The first kappa shape index (κ1) is 23.3. The Morgan fingerprint density at radius 2 is 1.77 bits per heavy atom. The van der Waals surface area contributed by atoms with E-state index in [1.807, 2.05) is 6.08 Å². The third kappa shape index (κ3) is 7.06. The summed E-state index contributed by atoms with van der Waals surface area (Å²) in [7, 11) is 0. The largest absolute Gasteiger partial charge is 0.462 e. The lowest BCUT2D eigenvalue weighted by Gasteiger charge is -2.31. The van der Waals surface area contributed by atoms with Crippen LogP contribution in [0.3, 0.4) is 0 Å². The van der Waals surface area contributed by atoms with Crippen molar-refractivity contribution in [3.8, 4) is 6.07 Å². The van der Waals surface area contributed by atoms with E-state index in [0.717, 1.165) is 57.8 Å². The summed E-state index contributed by atoms with van der Waals surface area (Å²) in [4.78, 5) is 12.7. The smallest absolute Gasteiger partial charge is 0.309 e. The third-order valence-electron chi connectivity index (χ3n) is 6.78. The zero-order chi connectivity index (χ0) is 22.1. The zero-order valence-corrected chi connectivity index (χ0v) is 18.6. The molecule has 4 heteroatoms. The molecule has 0 heterocycles. The molecule has 31 heavy (non-hydrogen) atoms. The van der Waals surface area contributed by atoms with Gasteiger partial charge in [0.15, 0.2) is 5.83 Å². The standard InChI is InChI=1S/C27H34FNO2/c1-2-4-20-7-11-22(12-8-20)23-13-15-24(16-14-23)27(30)31-26-17-9-21(10-18-26)5-3-6-25(28)19-29/h3,5-8,11-12,21,23-24,26H,2,4,9-10,13-18H2,1H3/t21-,23-,24-,26-. The number of benzene rings is 1. The second-order valence-electron chi connectivity index (χ2n) is 9.03. The highest BCUT2D eigenvalue weighted by Gasteiger charge is 2.30. The maximum Gasteiger partial charge on any atom is 0.309 e. The molecule has 2 aliphatic rings. The molecule has 0 spiro atoms. The molecule has 2 aliphatic carbocycles. The summed E-state index contributed by atoms with van der Waals surface area (Å²) < 4.78 is 18.7. The minimum absolute atomic E-state index is 0.00682. The van der Waals surface area contributed by atoms with Crippen molar-refractivity contribution >= 4 is 5.97 Å². The number of nitrogens with zero attached hydrogens (tertiary/aromatic N) is 1. The second kappa shape index (κ2) is 11.8. The summed E-state index contributed by atoms with van der Waals surface area (Å²) in [6.45, 7) is 2.20. The Balaban J connectivity index is 1.39. The summed E-state index contributed by atoms with van der Waals surface area (Å²) >= 11 is 0. The highest BCUT2D eigenvalue weighted by atomic mass is 19.1. The van der Waals surface area contributed by atoms with Gasteiger partial charge in [0.05, 0.1) is 5.92 Å². The van der Waals surface area contributed by atoms with Crippen molar-refractivity contribution in [1.82, 2.24) is 0 Å². The Bertz CT molecular complexity index is 805. The number of halogens is 1. The highest BCUT2D eigenvalue weighted by molar-refractivity contribution is 5.72. The fraction of sp³-hybridized carbons (Fsp3) is 0.556. The molecule has 0 radical (unpaired) electrons. The van der Waals surface area contributed by atoms with Crippen molar-refractivity contribution in [3.63, 3.8) is 0 Å². The Morgan fingerprint density at radius 3 is 2.39 bits per heavy atom. The average molecular weight is 424 g/mol. The molecule has 3 nitrogen and oxygen atoms in total. The number of carbonyl (C=O) groups excluding carboxylic acids is 1. The van der Waals surface area contributed by atoms with Gasteiger partial charge in [-0.05, 0) is 86.8 Å². The number of nitriles is 1. The monoisotopic (exact) mass is 423 g/mol. The SMILES string of the molecule is CCCc1ccc([C@H]2CC[C@H](C(=O)O[C@H]3CC[C@H](C=CC=C(F)C#N)CC3)CC2)cc1. The Morgan fingerprint density at radius 1 is 1.10 bits per heavy atom. The van der Waals surface area contributed by atoms with Gasteiger partial charge in [-0.1, -0.05) is 49.8 Å². The fourth-order valence-electron chi connectivity index (χ4n) is 4.90. The molecule has 0 aromatic heterocycles. The number of rotatable bonds is 7. The Hall–Kier alpha value is -2.41. The maximum absolute atomic E-state index is 12.8. The Kier molecular flexibility index (Phi) is 8.88. The van der Waals surface area contributed by atoms with E-state index >= 15 is 0 Å². The van der Waals surface area contributed by atoms with Crippen LogP contribution in [0.1, 0.15) is 81.8 Å². The zero-order valence-electron chi connectivity index (χ0n) is 18.6. The van der Waals surface area contributed by atoms with Crippen LogP contribution in [0.15, 0.2) is 48.3 Å². The lowest BCUT2D eigenvalue weighted by molar-refractivity contribution is -0.157. The molecule has 0 unspecified atom stereocenters. The topological polar surface area (TPSA) is 50.1 Å². The van der Waals surface area contributed by atoms with E-state index in [0.29, 0.717) is 11.8 Å². The molecule has 166 valence electrons. The summed E-state index contributed by atoms with van der Waals surface area (Å²) in [6.07, 6.45) is 14.6. The molecule has 0 saturated heterocycles. The van der Waals surface area contributed by atoms with Crippen LogP contribution in [-0.2, 0) is 16.0 Å². The normalized spacial score (nSPS) is 27.1. The van der Waals surface area contributed by atoms with E-state index in [2.05, 4.69) is 31.2 Å². The minimum Gasteiger partial charge on any atom is -0.462 e. The van der Waals surface area contributed by atoms with Gasteiger partial charge in [0.1, 0.15) is 12.2 Å². The lowest BCUT2D eigenvalue weighted by Crippen LogP contribution is -2.29. The Labute approximate surface area is 186 Å². The minimum atomic E-state index is -0.776. The lowest BCUT2D eigenvalue weighted by atomic mass is 9.78. The molecule has 0 amide bonds. The number of aryl methyl sites for hydroxylation is 1. The fourth-order valence-corrected chi connectivity index (χ4v) is 4.90. The van der Waals surface area contributed by atoms with E-state index < -0.39 is 5.83 Å². The molecule has 1 aromatic carbocycles. The van der Waals surface area contributed by atoms with Crippen molar-refractivity contribution in [2.75, 3.05) is 0 Å². The van der Waals surface area contributed by atoms with E-state index in [1.165, 1.54) is 29.7 Å². The molecular weight excluding hydrogens is 389 g/mol. The van der Waals surface area contributed by atoms with Crippen LogP contribution in [0.25, 0.3) is 0 Å². The van der Waals surface area contributed by atoms with Gasteiger partial charge in [-0.3, -0.25) is 4.79 Å². The molecule has 1 aromatic rings. The van der Waals surface area contributed by atoms with Crippen LogP contribution in [0, 0.1) is 23.2 Å². The average Bonchev–Trinajstić information content (AvgIpc) is 2.81. The van der Waals surface area contributed by atoms with Crippen molar-refractivity contribution < 1.29 is 13.9 Å². The molecule has 0 atom stereocenters. The summed E-state index contributed by atoms with van der Waals surface area (Å²) in [5, 5.41) is 8.42. The quantitative estimate of drug-likeness (QED) is 0.271. The molecule has 0 aliphatic heterocycles. The highest BCUT2D eigenvalue weighted by Crippen LogP contribution is 2.37. The van der Waals surface area contributed by atoms with E-state index in [4.69, 9.17) is 10.00 Å². The second-order valence-corrected chi connectivity index (χ2v) is 9.03. The van der Waals surface area contributed by atoms with Gasteiger partial charge in [0.25, 0.3) is 0 Å². The predicted molar refractivity (Wildman–Crippen MR) is 121 cm³/mol. The maximum atomic E-state index is 12.8. The number of ether oxygens (including phenoxy) is 1. The van der Waals surface area contributed by atoms with E-state index in [9.17, 15) is 9.18 Å². The first-order valence-corrected chi connectivity index (χ1v) is 11.8. The van der Waals surface area contributed by atoms with Crippen LogP contribution in [0.2, 0.25) is 0 Å². The summed E-state index contributed by atoms with van der Waals surface area (Å²) in [5.41, 5.74) is 2.81. The number of hydrogen-bond donors (Lipinski definition) is 0. The van der Waals surface area contributed by atoms with Crippen LogP contribution >= 0.6 is 0 Å². The number of hydrogen-bond acceptors (Lipinski definition) is 3. The number of esters is 1. The van der Waals surface area contributed by atoms with Gasteiger partial charge in [0, 0.05) is 0 Å². The van der Waals surface area contributed by atoms with E-state index in [1.54, 1.807) is 6.08 Å². The van der Waals surface area contributed by atoms with Crippen molar-refractivity contribution in [1.29, 1.82) is 5.26 Å². The van der Waals surface area contributed by atoms with Crippen LogP contribution in [0.5, 0.6) is 0 Å². The van der Waals surface area contributed by atoms with Crippen molar-refractivity contribution in [2.45, 2.75) is 83.2 Å². The van der Waals surface area contributed by atoms with E-state index in [-0.39, 0.29) is 18.0 Å². The van der Waals surface area contributed by atoms with Crippen molar-refractivity contribution in [3.05, 3.63) is 59.4 Å². The molecule has 0 N–H and O–H groups in total. The van der Waals surface area contributed by atoms with Crippen molar-refractivity contribution in [2.24, 2.45) is 11.8 Å². The third-order valence-corrected chi connectivity index (χ3v) is 6.78. The van der Waals surface area contributed by atoms with Gasteiger partial charge >= 0.3 is 5.97 Å². The molecule has 3 rings (SSSR count). The molecular formula is C27H34FNO2. The van der Waals surface area contributed by atoms with Crippen LogP contribution in [-0.4, -0.2) is 12.1 Å². The first-order chi connectivity index (χ1) is 15.1. The van der Waals surface area contributed by atoms with Crippen LogP contribution in [0.4, 0.5) is 4.39 Å². The predicted octanol–water partition coefficient (Wildman–Crippen LogP) is 6.95.